The molecular weight excluding hydrogens is 528 g/mol. The van der Waals surface area contributed by atoms with Crippen LogP contribution in [0.5, 0.6) is 0 Å². The predicted octanol–water partition coefficient (Wildman–Crippen LogP) is 2.66. The molecule has 0 amide bonds. The molecule has 0 radical (unpaired) electrons. The van der Waals surface area contributed by atoms with Gasteiger partial charge in [0, 0.05) is 0 Å². The molecule has 0 N–H and O–H groups in total. The van der Waals surface area contributed by atoms with Crippen molar-refractivity contribution in [2.75, 3.05) is 0 Å². The number of rotatable bonds is 0. The predicted molar refractivity (Wildman–Crippen MR) is 100 cm³/mol. The third-order valence-electron chi connectivity index (χ3n) is 3.88. The first-order chi connectivity index (χ1) is 11.8. The Labute approximate surface area is 162 Å². The molecule has 0 aromatic heterocycles. The van der Waals surface area contributed by atoms with Crippen LogP contribution in [-0.4, -0.2) is 51.1 Å². The average Bonchev–Trinajstić information content (AvgIpc) is 2.45. The topological polar surface area (TPSA) is 0 Å². The zero-order valence-corrected chi connectivity index (χ0v) is 18.7. The number of benzene rings is 2. The number of hydrogen-bond donors (Lipinski definition) is 0. The normalized spacial score (nSPS) is 16.7. The molecule has 0 atom stereocenters. The van der Waals surface area contributed by atoms with Crippen LogP contribution in [0.3, 0.4) is 0 Å². The summed E-state index contributed by atoms with van der Waals surface area (Å²) < 4.78 is 42.5. The minimum absolute atomic E-state index is 0.514. The van der Waals surface area contributed by atoms with E-state index < -0.39 is 21.2 Å². The summed E-state index contributed by atoms with van der Waals surface area (Å²) in [6, 6.07) is 14.3. The van der Waals surface area contributed by atoms with Crippen LogP contribution in [0.25, 0.3) is 0 Å². The second-order valence-corrected chi connectivity index (χ2v) is 14.7. The Morgan fingerprint density at radius 1 is 0.800 bits per heavy atom. The van der Waals surface area contributed by atoms with Crippen molar-refractivity contribution in [3.8, 4) is 0 Å². The fraction of sp³-hybridized carbons (Fsp3) is 0.294. The molecule has 2 bridgehead atoms. The summed E-state index contributed by atoms with van der Waals surface area (Å²) in [6.07, 6.45) is 0. The maximum absolute atomic E-state index is 9.75. The summed E-state index contributed by atoms with van der Waals surface area (Å²) in [5.41, 5.74) is 6.77. The zero-order valence-electron chi connectivity index (χ0n) is 13.6. The van der Waals surface area contributed by atoms with Crippen LogP contribution in [0.1, 0.15) is 22.3 Å². The van der Waals surface area contributed by atoms with E-state index in [4.69, 9.17) is 0 Å². The van der Waals surface area contributed by atoms with Gasteiger partial charge in [-0.15, -0.1) is 0 Å². The van der Waals surface area contributed by atoms with Gasteiger partial charge in [0.15, 0.2) is 0 Å². The third-order valence-corrected chi connectivity index (χ3v) is 12.5. The van der Waals surface area contributed by atoms with Gasteiger partial charge in [0.2, 0.25) is 0 Å². The number of halogens is 4. The molecule has 25 heavy (non-hydrogen) atoms. The van der Waals surface area contributed by atoms with E-state index in [2.05, 4.69) is 42.2 Å². The zero-order chi connectivity index (χ0) is 18.0. The van der Waals surface area contributed by atoms with Gasteiger partial charge in [-0.05, 0) is 0 Å². The maximum Gasteiger partial charge on any atom is 0.673 e. The van der Waals surface area contributed by atoms with Crippen molar-refractivity contribution in [2.24, 2.45) is 0 Å². The Morgan fingerprint density at radius 3 is 1.64 bits per heavy atom. The third kappa shape index (κ3) is 5.38. The molecule has 0 nitrogen and oxygen atoms in total. The van der Waals surface area contributed by atoms with E-state index in [9.17, 15) is 17.3 Å². The molecule has 0 saturated heterocycles. The first-order valence-corrected chi connectivity index (χ1v) is 16.0. The SMILES string of the molecule is C[Se+]1Cc2cccc3c2[Se]c2c(cccc2C1)C[Se]C3.F[B-](F)(F)F. The van der Waals surface area contributed by atoms with Gasteiger partial charge in [0.1, 0.15) is 0 Å². The minimum Gasteiger partial charge on any atom is -0.418 e. The quantitative estimate of drug-likeness (QED) is 0.353. The fourth-order valence-electron chi connectivity index (χ4n) is 2.95. The van der Waals surface area contributed by atoms with E-state index >= 15 is 0 Å². The first kappa shape index (κ1) is 19.5. The van der Waals surface area contributed by atoms with Crippen LogP contribution in [-0.2, 0) is 21.3 Å². The van der Waals surface area contributed by atoms with E-state index in [1.165, 1.54) is 21.3 Å². The Balaban J connectivity index is 0.000000324. The summed E-state index contributed by atoms with van der Waals surface area (Å²) in [6.45, 7) is 0. The molecule has 0 saturated carbocycles. The van der Waals surface area contributed by atoms with Crippen LogP contribution in [0.2, 0.25) is 5.82 Å². The van der Waals surface area contributed by atoms with E-state index in [0.29, 0.717) is 15.0 Å². The van der Waals surface area contributed by atoms with E-state index in [1.807, 2.05) is 0 Å². The molecule has 134 valence electrons. The average molecular weight is 545 g/mol. The van der Waals surface area contributed by atoms with Gasteiger partial charge in [-0.25, -0.2) is 0 Å². The van der Waals surface area contributed by atoms with Crippen LogP contribution in [0.4, 0.5) is 17.3 Å². The molecule has 2 aromatic rings. The van der Waals surface area contributed by atoms with Crippen molar-refractivity contribution in [2.45, 2.75) is 27.1 Å². The molecule has 4 rings (SSSR count). The Kier molecular flexibility index (Phi) is 6.42. The van der Waals surface area contributed by atoms with Crippen LogP contribution >= 0.6 is 0 Å². The molecule has 8 heteroatoms. The van der Waals surface area contributed by atoms with E-state index in [-0.39, 0.29) is 0 Å². The van der Waals surface area contributed by atoms with Gasteiger partial charge in [-0.2, -0.15) is 0 Å². The smallest absolute Gasteiger partial charge is 0.418 e. The van der Waals surface area contributed by atoms with Crippen molar-refractivity contribution in [3.63, 3.8) is 0 Å². The Morgan fingerprint density at radius 2 is 1.20 bits per heavy atom. The van der Waals surface area contributed by atoms with Crippen molar-refractivity contribution in [1.82, 2.24) is 0 Å². The van der Waals surface area contributed by atoms with Crippen molar-refractivity contribution in [1.29, 1.82) is 0 Å². The molecule has 0 aliphatic carbocycles. The molecular formula is C17H17BF4Se3. The van der Waals surface area contributed by atoms with Gasteiger partial charge in [-0.3, -0.25) is 0 Å². The summed E-state index contributed by atoms with van der Waals surface area (Å²) >= 11 is 0.763. The summed E-state index contributed by atoms with van der Waals surface area (Å²) in [5.74, 6) is 2.54. The van der Waals surface area contributed by atoms with Gasteiger partial charge in [-0.1, -0.05) is 0 Å². The molecule has 2 heterocycles. The van der Waals surface area contributed by atoms with E-state index in [1.54, 1.807) is 31.2 Å². The Bertz CT molecular complexity index is 703. The largest absolute Gasteiger partial charge is 0.673 e. The van der Waals surface area contributed by atoms with Gasteiger partial charge < -0.3 is 17.3 Å². The summed E-state index contributed by atoms with van der Waals surface area (Å²) in [7, 11) is -6.00. The van der Waals surface area contributed by atoms with Crippen LogP contribution < -0.4 is 8.92 Å². The first-order valence-electron chi connectivity index (χ1n) is 7.75. The summed E-state index contributed by atoms with van der Waals surface area (Å²) in [4.78, 5) is 0. The van der Waals surface area contributed by atoms with Crippen LogP contribution in [0, 0.1) is 0 Å². The van der Waals surface area contributed by atoms with Gasteiger partial charge in [0.25, 0.3) is 0 Å². The van der Waals surface area contributed by atoms with E-state index in [0.717, 1.165) is 15.0 Å². The summed E-state index contributed by atoms with van der Waals surface area (Å²) in [5, 5.41) is 5.47. The maximum atomic E-state index is 9.75. The minimum atomic E-state index is -6.00. The van der Waals surface area contributed by atoms with Crippen molar-refractivity contribution >= 4 is 60.0 Å². The second kappa shape index (κ2) is 8.21. The Hall–Kier alpha value is -0.217. The second-order valence-electron chi connectivity index (χ2n) is 5.97. The molecule has 2 aliphatic heterocycles. The fourth-order valence-corrected chi connectivity index (χ4v) is 13.1. The van der Waals surface area contributed by atoms with Crippen molar-refractivity contribution in [3.05, 3.63) is 58.7 Å². The van der Waals surface area contributed by atoms with Crippen LogP contribution in [0.15, 0.2) is 36.4 Å². The molecule has 0 unspecified atom stereocenters. The number of hydrogen-bond acceptors (Lipinski definition) is 0. The molecule has 0 fully saturated rings. The molecule has 2 aliphatic rings. The monoisotopic (exact) mass is 548 g/mol. The molecule has 2 aromatic carbocycles. The van der Waals surface area contributed by atoms with Crippen molar-refractivity contribution < 1.29 is 17.3 Å². The van der Waals surface area contributed by atoms with Gasteiger partial charge >= 0.3 is 146 Å². The van der Waals surface area contributed by atoms with Gasteiger partial charge in [0.05, 0.1) is 0 Å². The molecule has 0 spiro atoms. The standard InChI is InChI=1S/C17H17Se3.BF4/c1-20-10-14-6-2-4-12-8-18-9-13-5-3-7-15(11-20)17(13)19-16(12)14;2-1(3,4)5/h2-7H,8-11H2,1H3;/q+1;-1.